The highest BCUT2D eigenvalue weighted by Crippen LogP contribution is 2.46. The Morgan fingerprint density at radius 3 is 2.10 bits per heavy atom. The molecule has 0 saturated carbocycles. The second-order valence-corrected chi connectivity index (χ2v) is 7.00. The predicted octanol–water partition coefficient (Wildman–Crippen LogP) is 5.28. The van der Waals surface area contributed by atoms with Crippen molar-refractivity contribution in [1.82, 2.24) is 4.90 Å². The molecule has 1 unspecified atom stereocenters. The molecule has 0 fully saturated rings. The predicted molar refractivity (Wildman–Crippen MR) is 109 cm³/mol. The lowest BCUT2D eigenvalue weighted by molar-refractivity contribution is -0.186. The van der Waals surface area contributed by atoms with Crippen LogP contribution in [0.15, 0.2) is 82.9 Å². The molecule has 2 aromatic carbocycles. The number of amidine groups is 1. The van der Waals surface area contributed by atoms with Crippen molar-refractivity contribution < 1.29 is 13.2 Å². The SMILES string of the molecule is Cc1ccc(NC2=NC(c3ccc(C)cc3)(C(F)(F)F)N=C3C=CC=CN32)cc1. The van der Waals surface area contributed by atoms with E-state index < -0.39 is 11.8 Å². The molecule has 2 aliphatic rings. The minimum Gasteiger partial charge on any atom is -0.326 e. The highest BCUT2D eigenvalue weighted by Gasteiger charge is 2.59. The molecular weight excluding hydrogens is 377 g/mol. The van der Waals surface area contributed by atoms with Gasteiger partial charge >= 0.3 is 6.18 Å². The summed E-state index contributed by atoms with van der Waals surface area (Å²) < 4.78 is 43.2. The van der Waals surface area contributed by atoms with Gasteiger partial charge in [0.1, 0.15) is 5.84 Å². The van der Waals surface area contributed by atoms with Crippen LogP contribution in [0.3, 0.4) is 0 Å². The number of rotatable bonds is 2. The zero-order valence-corrected chi connectivity index (χ0v) is 15.9. The van der Waals surface area contributed by atoms with Crippen molar-refractivity contribution in [3.63, 3.8) is 0 Å². The number of nitrogens with one attached hydrogen (secondary N) is 1. The number of benzene rings is 2. The Morgan fingerprint density at radius 1 is 0.862 bits per heavy atom. The summed E-state index contributed by atoms with van der Waals surface area (Å²) in [6, 6.07) is 13.5. The van der Waals surface area contributed by atoms with E-state index in [9.17, 15) is 13.2 Å². The normalized spacial score (nSPS) is 20.8. The molecule has 7 heteroatoms. The van der Waals surface area contributed by atoms with Gasteiger partial charge in [0, 0.05) is 17.5 Å². The van der Waals surface area contributed by atoms with Crippen LogP contribution >= 0.6 is 0 Å². The topological polar surface area (TPSA) is 40.0 Å². The summed E-state index contributed by atoms with van der Waals surface area (Å²) in [5, 5.41) is 3.03. The maximum atomic E-state index is 14.4. The van der Waals surface area contributed by atoms with Crippen molar-refractivity contribution in [2.24, 2.45) is 9.98 Å². The molecule has 0 bridgehead atoms. The molecule has 2 aromatic rings. The van der Waals surface area contributed by atoms with Gasteiger partial charge in [0.15, 0.2) is 0 Å². The van der Waals surface area contributed by atoms with Crippen LogP contribution in [0.4, 0.5) is 18.9 Å². The van der Waals surface area contributed by atoms with Crippen molar-refractivity contribution >= 4 is 17.5 Å². The highest BCUT2D eigenvalue weighted by molar-refractivity contribution is 6.12. The smallest absolute Gasteiger partial charge is 0.326 e. The van der Waals surface area contributed by atoms with E-state index in [0.717, 1.165) is 11.1 Å². The Bertz CT molecular complexity index is 1030. The number of aryl methyl sites for hydroxylation is 2. The second kappa shape index (κ2) is 6.92. The largest absolute Gasteiger partial charge is 0.438 e. The molecule has 0 spiro atoms. The fraction of sp³-hybridized carbons (Fsp3) is 0.182. The minimum absolute atomic E-state index is 0.0334. The summed E-state index contributed by atoms with van der Waals surface area (Å²) >= 11 is 0. The lowest BCUT2D eigenvalue weighted by Crippen LogP contribution is -2.50. The molecule has 29 heavy (non-hydrogen) atoms. The van der Waals surface area contributed by atoms with Gasteiger partial charge < -0.3 is 5.32 Å². The first-order chi connectivity index (χ1) is 13.8. The van der Waals surface area contributed by atoms with Crippen LogP contribution in [0.2, 0.25) is 0 Å². The molecule has 0 saturated heterocycles. The molecule has 0 amide bonds. The van der Waals surface area contributed by atoms with E-state index in [-0.39, 0.29) is 17.4 Å². The molecule has 4 rings (SSSR count). The highest BCUT2D eigenvalue weighted by atomic mass is 19.4. The van der Waals surface area contributed by atoms with Gasteiger partial charge in [-0.05, 0) is 38.1 Å². The van der Waals surface area contributed by atoms with Crippen LogP contribution in [0.1, 0.15) is 16.7 Å². The van der Waals surface area contributed by atoms with Crippen molar-refractivity contribution in [3.8, 4) is 0 Å². The van der Waals surface area contributed by atoms with E-state index in [1.54, 1.807) is 48.7 Å². The molecule has 0 radical (unpaired) electrons. The van der Waals surface area contributed by atoms with E-state index in [1.165, 1.54) is 17.0 Å². The fourth-order valence-corrected chi connectivity index (χ4v) is 3.16. The zero-order valence-electron chi connectivity index (χ0n) is 15.9. The van der Waals surface area contributed by atoms with Crippen LogP contribution in [0, 0.1) is 13.8 Å². The molecule has 1 N–H and O–H groups in total. The van der Waals surface area contributed by atoms with Crippen molar-refractivity contribution in [2.45, 2.75) is 25.7 Å². The summed E-state index contributed by atoms with van der Waals surface area (Å²) in [5.41, 5.74) is -0.214. The molecule has 0 aliphatic carbocycles. The van der Waals surface area contributed by atoms with E-state index >= 15 is 0 Å². The molecule has 1 atom stereocenters. The van der Waals surface area contributed by atoms with Crippen LogP contribution in [-0.2, 0) is 5.66 Å². The Balaban J connectivity index is 1.88. The van der Waals surface area contributed by atoms with E-state index in [2.05, 4.69) is 15.3 Å². The molecule has 4 nitrogen and oxygen atoms in total. The number of anilines is 1. The number of fused-ring (bicyclic) bond motifs is 1. The van der Waals surface area contributed by atoms with Crippen LogP contribution in [-0.4, -0.2) is 22.9 Å². The number of alkyl halides is 3. The average molecular weight is 396 g/mol. The molecule has 0 aromatic heterocycles. The third-order valence-corrected chi connectivity index (χ3v) is 4.77. The van der Waals surface area contributed by atoms with Gasteiger partial charge in [-0.3, -0.25) is 4.90 Å². The lowest BCUT2D eigenvalue weighted by Gasteiger charge is -2.37. The van der Waals surface area contributed by atoms with E-state index in [4.69, 9.17) is 0 Å². The Labute approximate surface area is 166 Å². The van der Waals surface area contributed by atoms with Crippen molar-refractivity contribution in [3.05, 3.63) is 89.6 Å². The minimum atomic E-state index is -4.73. The third kappa shape index (κ3) is 3.44. The number of allylic oxidation sites excluding steroid dienone is 2. The first-order valence-corrected chi connectivity index (χ1v) is 9.10. The van der Waals surface area contributed by atoms with Gasteiger partial charge in [-0.15, -0.1) is 0 Å². The van der Waals surface area contributed by atoms with Gasteiger partial charge in [-0.25, -0.2) is 9.98 Å². The summed E-state index contributed by atoms with van der Waals surface area (Å²) in [4.78, 5) is 9.70. The lowest BCUT2D eigenvalue weighted by atomic mass is 9.97. The van der Waals surface area contributed by atoms with Gasteiger partial charge in [0.25, 0.3) is 5.66 Å². The second-order valence-electron chi connectivity index (χ2n) is 7.00. The first-order valence-electron chi connectivity index (χ1n) is 9.10. The molecule has 148 valence electrons. The monoisotopic (exact) mass is 396 g/mol. The maximum absolute atomic E-state index is 14.4. The number of guanidine groups is 1. The standard InChI is InChI=1S/C22H19F3N4/c1-15-6-10-17(11-7-15)21(22(23,24)25)27-19-5-3-4-14-29(19)20(28-21)26-18-12-8-16(2)9-13-18/h3-14H,1-2H3,(H,26,28). The molecule has 2 aliphatic heterocycles. The van der Waals surface area contributed by atoms with Crippen molar-refractivity contribution in [1.29, 1.82) is 0 Å². The summed E-state index contributed by atoms with van der Waals surface area (Å²) in [6.07, 6.45) is 1.82. The quantitative estimate of drug-likeness (QED) is 0.750. The third-order valence-electron chi connectivity index (χ3n) is 4.77. The Kier molecular flexibility index (Phi) is 4.53. The number of hydrogen-bond donors (Lipinski definition) is 1. The number of nitrogens with zero attached hydrogens (tertiary/aromatic N) is 3. The van der Waals surface area contributed by atoms with Gasteiger partial charge in [0.2, 0.25) is 5.96 Å². The number of aliphatic imine (C=N–C) groups is 2. The summed E-state index contributed by atoms with van der Waals surface area (Å²) in [5.74, 6) is 0.215. The Hall–Kier alpha value is -3.35. The Morgan fingerprint density at radius 2 is 1.48 bits per heavy atom. The molecular formula is C22H19F3N4. The summed E-state index contributed by atoms with van der Waals surface area (Å²) in [6.45, 7) is 3.76. The number of hydrogen-bond acceptors (Lipinski definition) is 4. The average Bonchev–Trinajstić information content (AvgIpc) is 2.69. The van der Waals surface area contributed by atoms with Gasteiger partial charge in [-0.2, -0.15) is 13.2 Å². The van der Waals surface area contributed by atoms with Crippen LogP contribution < -0.4 is 5.32 Å². The summed E-state index contributed by atoms with van der Waals surface area (Å²) in [7, 11) is 0. The van der Waals surface area contributed by atoms with E-state index in [0.29, 0.717) is 5.69 Å². The van der Waals surface area contributed by atoms with Crippen molar-refractivity contribution in [2.75, 3.05) is 5.32 Å². The number of halogens is 3. The zero-order chi connectivity index (χ0) is 20.6. The van der Waals surface area contributed by atoms with Crippen LogP contribution in [0.5, 0.6) is 0 Å². The molecule has 2 heterocycles. The van der Waals surface area contributed by atoms with E-state index in [1.807, 2.05) is 26.0 Å². The van der Waals surface area contributed by atoms with Gasteiger partial charge in [0.05, 0.1) is 0 Å². The first kappa shape index (κ1) is 19.0. The fourth-order valence-electron chi connectivity index (χ4n) is 3.16. The van der Waals surface area contributed by atoms with Crippen LogP contribution in [0.25, 0.3) is 0 Å². The maximum Gasteiger partial charge on any atom is 0.438 e. The van der Waals surface area contributed by atoms with Gasteiger partial charge in [-0.1, -0.05) is 53.6 Å².